The fraction of sp³-hybridized carbons (Fsp3) is 0.577. The highest BCUT2D eigenvalue weighted by Gasteiger charge is 2.27. The number of hydrazine groups is 1. The average Bonchev–Trinajstić information content (AvgIpc) is 2.75. The number of anilines is 1. The van der Waals surface area contributed by atoms with E-state index in [-0.39, 0.29) is 16.5 Å². The molecule has 1 aromatic rings. The van der Waals surface area contributed by atoms with Gasteiger partial charge in [0, 0.05) is 11.1 Å². The Balaban J connectivity index is 2.78. The van der Waals surface area contributed by atoms with Crippen molar-refractivity contribution in [2.45, 2.75) is 90.8 Å². The van der Waals surface area contributed by atoms with Gasteiger partial charge in [0.15, 0.2) is 9.84 Å². The topological polar surface area (TPSA) is 143 Å². The van der Waals surface area contributed by atoms with Gasteiger partial charge in [-0.3, -0.25) is 15.0 Å². The molecule has 0 saturated carbocycles. The summed E-state index contributed by atoms with van der Waals surface area (Å²) in [6, 6.07) is 4.16. The summed E-state index contributed by atoms with van der Waals surface area (Å²) in [7, 11) is -3.66. The van der Waals surface area contributed by atoms with Crippen LogP contribution in [0.1, 0.15) is 68.2 Å². The van der Waals surface area contributed by atoms with Gasteiger partial charge in [-0.15, -0.1) is 0 Å². The van der Waals surface area contributed by atoms with Crippen molar-refractivity contribution in [1.82, 2.24) is 16.2 Å². The number of sulfone groups is 1. The lowest BCUT2D eigenvalue weighted by Gasteiger charge is -2.25. The number of hydrogen-bond acceptors (Lipinski definition) is 7. The minimum absolute atomic E-state index is 0.0556. The molecule has 11 heteroatoms. The molecule has 10 nitrogen and oxygen atoms in total. The van der Waals surface area contributed by atoms with Crippen LogP contribution in [0.5, 0.6) is 0 Å². The van der Waals surface area contributed by atoms with E-state index in [2.05, 4.69) is 35.3 Å². The Hall–Kier alpha value is -2.92. The first-order chi connectivity index (χ1) is 17.0. The summed E-state index contributed by atoms with van der Waals surface area (Å²) in [5, 5.41) is 6.42. The summed E-state index contributed by atoms with van der Waals surface area (Å²) >= 11 is 0. The second-order valence-electron chi connectivity index (χ2n) is 10.6. The van der Waals surface area contributed by atoms with Gasteiger partial charge in [0.1, 0.15) is 17.7 Å². The fourth-order valence-corrected chi connectivity index (χ4v) is 4.15. The standard InChI is InChI=1S/C26H42N4O6S/c1-17(2)12-9-10-15-37(34,35)21-14-11-13-20(16-21)28-23(31)19(5)27-24(32)22(18(3)4)29-30-25(33)36-26(6,7)8/h10-11,13-19,22,29H,9,12H2,1-8H3,(H,27,32)(H,28,31)(H,30,33)/t19-,22-/m0/s1. The van der Waals surface area contributed by atoms with Crippen molar-refractivity contribution in [1.29, 1.82) is 0 Å². The van der Waals surface area contributed by atoms with E-state index < -0.39 is 45.4 Å². The third-order valence-electron chi connectivity index (χ3n) is 5.05. The second kappa shape index (κ2) is 14.1. The molecule has 0 aliphatic carbocycles. The normalized spacial score (nSPS) is 13.9. The molecule has 4 N–H and O–H groups in total. The van der Waals surface area contributed by atoms with Gasteiger partial charge in [0.25, 0.3) is 0 Å². The van der Waals surface area contributed by atoms with Crippen molar-refractivity contribution < 1.29 is 27.5 Å². The smallest absolute Gasteiger partial charge is 0.422 e. The van der Waals surface area contributed by atoms with Crippen LogP contribution in [0.4, 0.5) is 10.5 Å². The molecule has 0 aliphatic heterocycles. The SMILES string of the molecule is CC(C)CCC=CS(=O)(=O)c1cccc(NC(=O)[C@H](C)NC(=O)[C@@H](NNC(=O)OC(C)(C)C)C(C)C)c1. The second-order valence-corrected chi connectivity index (χ2v) is 12.5. The van der Waals surface area contributed by atoms with Crippen molar-refractivity contribution in [3.05, 3.63) is 35.7 Å². The third kappa shape index (κ3) is 12.2. The molecule has 0 saturated heterocycles. The highest BCUT2D eigenvalue weighted by atomic mass is 32.2. The number of nitrogens with one attached hydrogen (secondary N) is 4. The van der Waals surface area contributed by atoms with Gasteiger partial charge in [-0.05, 0) is 70.6 Å². The van der Waals surface area contributed by atoms with Gasteiger partial charge in [0.05, 0.1) is 4.90 Å². The number of benzene rings is 1. The number of ether oxygens (including phenoxy) is 1. The van der Waals surface area contributed by atoms with E-state index in [4.69, 9.17) is 4.74 Å². The monoisotopic (exact) mass is 538 g/mol. The lowest BCUT2D eigenvalue weighted by Crippen LogP contribution is -2.57. The Morgan fingerprint density at radius 2 is 1.68 bits per heavy atom. The molecule has 0 unspecified atom stereocenters. The predicted molar refractivity (Wildman–Crippen MR) is 144 cm³/mol. The van der Waals surface area contributed by atoms with E-state index in [1.807, 2.05) is 0 Å². The van der Waals surface area contributed by atoms with Crippen molar-refractivity contribution in [3.63, 3.8) is 0 Å². The van der Waals surface area contributed by atoms with Crippen LogP contribution in [-0.4, -0.2) is 44.0 Å². The molecular weight excluding hydrogens is 496 g/mol. The van der Waals surface area contributed by atoms with Gasteiger partial charge in [-0.1, -0.05) is 39.8 Å². The minimum Gasteiger partial charge on any atom is -0.443 e. The quantitative estimate of drug-likeness (QED) is 0.296. The Morgan fingerprint density at radius 1 is 1.03 bits per heavy atom. The Bertz CT molecular complexity index is 1060. The first-order valence-electron chi connectivity index (χ1n) is 12.4. The summed E-state index contributed by atoms with van der Waals surface area (Å²) in [4.78, 5) is 37.4. The van der Waals surface area contributed by atoms with Crippen LogP contribution >= 0.6 is 0 Å². The van der Waals surface area contributed by atoms with E-state index in [9.17, 15) is 22.8 Å². The maximum Gasteiger partial charge on any atom is 0.422 e. The van der Waals surface area contributed by atoms with Crippen LogP contribution in [-0.2, 0) is 24.2 Å². The van der Waals surface area contributed by atoms with Crippen LogP contribution < -0.4 is 21.5 Å². The lowest BCUT2D eigenvalue weighted by atomic mass is 10.0. The van der Waals surface area contributed by atoms with Crippen molar-refractivity contribution in [2.24, 2.45) is 11.8 Å². The number of amides is 3. The number of allylic oxidation sites excluding steroid dienone is 1. The summed E-state index contributed by atoms with van der Waals surface area (Å²) in [6.07, 6.45) is 2.44. The van der Waals surface area contributed by atoms with Gasteiger partial charge >= 0.3 is 6.09 Å². The third-order valence-corrected chi connectivity index (χ3v) is 6.51. The van der Waals surface area contributed by atoms with Crippen LogP contribution in [0, 0.1) is 11.8 Å². The van der Waals surface area contributed by atoms with Gasteiger partial charge in [-0.2, -0.15) is 0 Å². The molecule has 0 heterocycles. The zero-order valence-electron chi connectivity index (χ0n) is 23.0. The van der Waals surface area contributed by atoms with Crippen molar-refractivity contribution in [2.75, 3.05) is 5.32 Å². The first kappa shape index (κ1) is 32.1. The number of carbonyl (C=O) groups excluding carboxylic acids is 3. The lowest BCUT2D eigenvalue weighted by molar-refractivity contribution is -0.128. The highest BCUT2D eigenvalue weighted by molar-refractivity contribution is 7.94. The molecule has 0 bridgehead atoms. The van der Waals surface area contributed by atoms with Crippen molar-refractivity contribution >= 4 is 33.4 Å². The summed E-state index contributed by atoms with van der Waals surface area (Å²) in [5.74, 6) is -0.781. The molecule has 0 spiro atoms. The molecule has 0 aromatic heterocycles. The predicted octanol–water partition coefficient (Wildman–Crippen LogP) is 3.91. The molecule has 208 valence electrons. The molecule has 3 amide bonds. The van der Waals surface area contributed by atoms with Crippen LogP contribution in [0.25, 0.3) is 0 Å². The van der Waals surface area contributed by atoms with Crippen molar-refractivity contribution in [3.8, 4) is 0 Å². The van der Waals surface area contributed by atoms with Crippen LogP contribution in [0.3, 0.4) is 0 Å². The summed E-state index contributed by atoms with van der Waals surface area (Å²) in [5.41, 5.74) is 4.58. The number of carbonyl (C=O) groups is 3. The zero-order chi connectivity index (χ0) is 28.4. The molecule has 0 radical (unpaired) electrons. The average molecular weight is 539 g/mol. The summed E-state index contributed by atoms with van der Waals surface area (Å²) < 4.78 is 30.4. The minimum atomic E-state index is -3.66. The van der Waals surface area contributed by atoms with E-state index in [1.54, 1.807) is 46.8 Å². The van der Waals surface area contributed by atoms with Crippen LogP contribution in [0.2, 0.25) is 0 Å². The maximum absolute atomic E-state index is 12.8. The molecule has 1 aromatic carbocycles. The molecule has 0 fully saturated rings. The van der Waals surface area contributed by atoms with E-state index in [1.165, 1.54) is 30.5 Å². The van der Waals surface area contributed by atoms with Crippen LogP contribution in [0.15, 0.2) is 40.6 Å². The highest BCUT2D eigenvalue weighted by Crippen LogP contribution is 2.18. The number of rotatable bonds is 12. The van der Waals surface area contributed by atoms with E-state index in [0.29, 0.717) is 12.3 Å². The Kier molecular flexibility index (Phi) is 12.3. The zero-order valence-corrected chi connectivity index (χ0v) is 23.9. The maximum atomic E-state index is 12.8. The van der Waals surface area contributed by atoms with Gasteiger partial charge in [-0.25, -0.2) is 18.6 Å². The Morgan fingerprint density at radius 3 is 2.24 bits per heavy atom. The summed E-state index contributed by atoms with van der Waals surface area (Å²) in [6.45, 7) is 14.4. The molecule has 37 heavy (non-hydrogen) atoms. The van der Waals surface area contributed by atoms with E-state index >= 15 is 0 Å². The molecule has 2 atom stereocenters. The van der Waals surface area contributed by atoms with E-state index in [0.717, 1.165) is 6.42 Å². The largest absolute Gasteiger partial charge is 0.443 e. The molecule has 0 aliphatic rings. The van der Waals surface area contributed by atoms with Gasteiger partial charge < -0.3 is 15.4 Å². The molecular formula is C26H42N4O6S. The molecule has 1 rings (SSSR count). The number of hydrogen-bond donors (Lipinski definition) is 4. The van der Waals surface area contributed by atoms with Gasteiger partial charge in [0.2, 0.25) is 11.8 Å². The Labute approximate surface area is 220 Å². The first-order valence-corrected chi connectivity index (χ1v) is 13.9. The fourth-order valence-electron chi connectivity index (χ4n) is 3.05.